The van der Waals surface area contributed by atoms with Crippen molar-refractivity contribution < 1.29 is 9.53 Å². The lowest BCUT2D eigenvalue weighted by Gasteiger charge is -2.23. The number of aryl methyl sites for hydroxylation is 2. The molecule has 0 radical (unpaired) electrons. The van der Waals surface area contributed by atoms with Gasteiger partial charge in [0.05, 0.1) is 19.5 Å². The van der Waals surface area contributed by atoms with E-state index >= 15 is 0 Å². The first-order valence-electron chi connectivity index (χ1n) is 8.79. The molecule has 0 N–H and O–H groups in total. The Hall–Kier alpha value is -2.28. The van der Waals surface area contributed by atoms with Crippen molar-refractivity contribution in [3.63, 3.8) is 0 Å². The van der Waals surface area contributed by atoms with Gasteiger partial charge in [0.1, 0.15) is 6.33 Å². The zero-order valence-corrected chi connectivity index (χ0v) is 14.7. The van der Waals surface area contributed by atoms with Crippen LogP contribution in [0.1, 0.15) is 24.2 Å². The Bertz CT molecular complexity index is 674. The van der Waals surface area contributed by atoms with Gasteiger partial charge in [0.25, 0.3) is 0 Å². The number of hydrogen-bond acceptors (Lipinski definition) is 5. The van der Waals surface area contributed by atoms with E-state index in [-0.39, 0.29) is 11.8 Å². The van der Waals surface area contributed by atoms with Gasteiger partial charge in [0.15, 0.2) is 0 Å². The lowest BCUT2D eigenvalue weighted by Crippen LogP contribution is -2.36. The Labute approximate surface area is 148 Å². The number of hydrogen-bond donors (Lipinski definition) is 0. The molecule has 0 bridgehead atoms. The van der Waals surface area contributed by atoms with E-state index in [4.69, 9.17) is 4.74 Å². The molecular formula is C18H25N5O2. The monoisotopic (exact) mass is 343 g/mol. The number of amides is 1. The number of nitrogens with zero attached hydrogens (tertiary/aromatic N) is 5. The fourth-order valence-corrected chi connectivity index (χ4v) is 3.14. The summed E-state index contributed by atoms with van der Waals surface area (Å²) in [4.78, 5) is 27.0. The topological polar surface area (TPSA) is 73.1 Å². The van der Waals surface area contributed by atoms with Crippen LogP contribution < -0.4 is 0 Å². The minimum Gasteiger partial charge on any atom is -0.379 e. The maximum atomic E-state index is 12.6. The van der Waals surface area contributed by atoms with Crippen LogP contribution in [0.15, 0.2) is 31.1 Å². The normalized spacial score (nSPS) is 18.1. The summed E-state index contributed by atoms with van der Waals surface area (Å²) < 4.78 is 7.70. The average Bonchev–Trinajstić information content (AvgIpc) is 3.00. The lowest BCUT2D eigenvalue weighted by atomic mass is 10.0. The maximum absolute atomic E-state index is 12.6. The second-order valence-corrected chi connectivity index (χ2v) is 6.54. The zero-order chi connectivity index (χ0) is 17.5. The molecule has 0 saturated carbocycles. The van der Waals surface area contributed by atoms with Crippen molar-refractivity contribution in [1.29, 1.82) is 0 Å². The summed E-state index contributed by atoms with van der Waals surface area (Å²) in [6.45, 7) is 5.45. The molecule has 1 fully saturated rings. The van der Waals surface area contributed by atoms with Crippen molar-refractivity contribution in [3.8, 4) is 0 Å². The van der Waals surface area contributed by atoms with Gasteiger partial charge in [-0.2, -0.15) is 0 Å². The molecule has 2 aromatic rings. The summed E-state index contributed by atoms with van der Waals surface area (Å²) in [5, 5.41) is 0. The number of imidazole rings is 1. The highest BCUT2D eigenvalue weighted by Gasteiger charge is 2.22. The van der Waals surface area contributed by atoms with Gasteiger partial charge in [-0.1, -0.05) is 0 Å². The van der Waals surface area contributed by atoms with E-state index in [0.29, 0.717) is 26.2 Å². The second-order valence-electron chi connectivity index (χ2n) is 6.54. The number of rotatable bonds is 6. The van der Waals surface area contributed by atoms with Crippen LogP contribution in [0.5, 0.6) is 0 Å². The second kappa shape index (κ2) is 8.71. The number of aromatic nitrogens is 4. The van der Waals surface area contributed by atoms with Crippen LogP contribution >= 0.6 is 0 Å². The van der Waals surface area contributed by atoms with Crippen molar-refractivity contribution in [2.75, 3.05) is 26.3 Å². The van der Waals surface area contributed by atoms with Crippen molar-refractivity contribution in [2.24, 2.45) is 5.92 Å². The predicted octanol–water partition coefficient (Wildman–Crippen LogP) is 1.48. The van der Waals surface area contributed by atoms with Crippen LogP contribution in [0.25, 0.3) is 0 Å². The molecule has 1 atom stereocenters. The molecule has 25 heavy (non-hydrogen) atoms. The Kier molecular flexibility index (Phi) is 6.11. The minimum atomic E-state index is 0.203. The standard InChI is InChI=1S/C18H25N5O2/c1-15-9-17(21-13-20-15)10-16-11-23(7-8-25-12-16)18(24)3-2-5-22-6-4-19-14-22/h4,6,9,13-14,16H,2-3,5,7-8,10-12H2,1H3/t16-/m1/s1. The molecule has 0 spiro atoms. The number of carbonyl (C=O) groups is 1. The summed E-state index contributed by atoms with van der Waals surface area (Å²) in [7, 11) is 0. The number of ether oxygens (including phenoxy) is 1. The van der Waals surface area contributed by atoms with Gasteiger partial charge >= 0.3 is 0 Å². The Morgan fingerprint density at radius 1 is 1.40 bits per heavy atom. The van der Waals surface area contributed by atoms with Gasteiger partial charge in [-0.05, 0) is 25.8 Å². The van der Waals surface area contributed by atoms with Crippen LogP contribution in [0.3, 0.4) is 0 Å². The van der Waals surface area contributed by atoms with Crippen LogP contribution in [-0.4, -0.2) is 56.6 Å². The summed E-state index contributed by atoms with van der Waals surface area (Å²) in [5.41, 5.74) is 1.97. The fourth-order valence-electron chi connectivity index (χ4n) is 3.14. The molecule has 1 aliphatic rings. The van der Waals surface area contributed by atoms with E-state index < -0.39 is 0 Å². The summed E-state index contributed by atoms with van der Waals surface area (Å²) in [6.07, 6.45) is 9.24. The van der Waals surface area contributed by atoms with Crippen LogP contribution in [0.2, 0.25) is 0 Å². The van der Waals surface area contributed by atoms with E-state index in [1.807, 2.05) is 28.7 Å². The van der Waals surface area contributed by atoms with E-state index in [1.165, 1.54) is 0 Å². The first-order chi connectivity index (χ1) is 12.2. The smallest absolute Gasteiger partial charge is 0.222 e. The molecule has 7 nitrogen and oxygen atoms in total. The van der Waals surface area contributed by atoms with E-state index in [9.17, 15) is 4.79 Å². The molecular weight excluding hydrogens is 318 g/mol. The van der Waals surface area contributed by atoms with Gasteiger partial charge in [-0.3, -0.25) is 4.79 Å². The Balaban J connectivity index is 1.51. The molecule has 1 amide bonds. The van der Waals surface area contributed by atoms with E-state index in [1.54, 1.807) is 18.9 Å². The van der Waals surface area contributed by atoms with Crippen molar-refractivity contribution in [2.45, 2.75) is 32.7 Å². The Morgan fingerprint density at radius 2 is 2.32 bits per heavy atom. The van der Waals surface area contributed by atoms with Crippen LogP contribution in [0, 0.1) is 12.8 Å². The molecule has 134 valence electrons. The highest BCUT2D eigenvalue weighted by atomic mass is 16.5. The Morgan fingerprint density at radius 3 is 3.12 bits per heavy atom. The van der Waals surface area contributed by atoms with Gasteiger partial charge < -0.3 is 14.2 Å². The maximum Gasteiger partial charge on any atom is 0.222 e. The van der Waals surface area contributed by atoms with Gasteiger partial charge in [0.2, 0.25) is 5.91 Å². The number of carbonyl (C=O) groups excluding carboxylic acids is 1. The van der Waals surface area contributed by atoms with Gasteiger partial charge in [-0.15, -0.1) is 0 Å². The van der Waals surface area contributed by atoms with Gasteiger partial charge in [0, 0.05) is 55.8 Å². The lowest BCUT2D eigenvalue weighted by molar-refractivity contribution is -0.131. The molecule has 0 unspecified atom stereocenters. The molecule has 3 rings (SSSR count). The van der Waals surface area contributed by atoms with Crippen molar-refractivity contribution in [1.82, 2.24) is 24.4 Å². The first kappa shape index (κ1) is 17.5. The molecule has 1 aliphatic heterocycles. The summed E-state index contributed by atoms with van der Waals surface area (Å²) in [6, 6.07) is 2.00. The molecule has 3 heterocycles. The predicted molar refractivity (Wildman–Crippen MR) is 92.8 cm³/mol. The van der Waals surface area contributed by atoms with Crippen molar-refractivity contribution in [3.05, 3.63) is 42.5 Å². The van der Waals surface area contributed by atoms with E-state index in [0.717, 1.165) is 37.3 Å². The highest BCUT2D eigenvalue weighted by molar-refractivity contribution is 5.76. The molecule has 0 aliphatic carbocycles. The molecule has 0 aromatic carbocycles. The van der Waals surface area contributed by atoms with Crippen LogP contribution in [0.4, 0.5) is 0 Å². The highest BCUT2D eigenvalue weighted by Crippen LogP contribution is 2.14. The summed E-state index contributed by atoms with van der Waals surface area (Å²) in [5.74, 6) is 0.476. The first-order valence-corrected chi connectivity index (χ1v) is 8.79. The molecule has 7 heteroatoms. The van der Waals surface area contributed by atoms with Gasteiger partial charge in [-0.25, -0.2) is 15.0 Å². The third kappa shape index (κ3) is 5.35. The molecule has 1 saturated heterocycles. The third-order valence-electron chi connectivity index (χ3n) is 4.41. The third-order valence-corrected chi connectivity index (χ3v) is 4.41. The SMILES string of the molecule is Cc1cc(C[C@H]2COCCN(C(=O)CCCn3ccnc3)C2)ncn1. The molecule has 2 aromatic heterocycles. The quantitative estimate of drug-likeness (QED) is 0.794. The fraction of sp³-hybridized carbons (Fsp3) is 0.556. The van der Waals surface area contributed by atoms with E-state index in [2.05, 4.69) is 15.0 Å². The largest absolute Gasteiger partial charge is 0.379 e. The van der Waals surface area contributed by atoms with Crippen molar-refractivity contribution >= 4 is 5.91 Å². The van der Waals surface area contributed by atoms with Crippen LogP contribution in [-0.2, 0) is 22.5 Å². The minimum absolute atomic E-state index is 0.203. The zero-order valence-electron chi connectivity index (χ0n) is 14.7. The summed E-state index contributed by atoms with van der Waals surface area (Å²) >= 11 is 0. The average molecular weight is 343 g/mol.